The zero-order valence-electron chi connectivity index (χ0n) is 10.9. The van der Waals surface area contributed by atoms with E-state index in [-0.39, 0.29) is 5.41 Å². The van der Waals surface area contributed by atoms with Crippen LogP contribution in [0.3, 0.4) is 0 Å². The van der Waals surface area contributed by atoms with Gasteiger partial charge in [0.1, 0.15) is 12.2 Å². The van der Waals surface area contributed by atoms with E-state index in [9.17, 15) is 0 Å². The van der Waals surface area contributed by atoms with Gasteiger partial charge in [-0.25, -0.2) is 0 Å². The molecule has 2 aromatic rings. The van der Waals surface area contributed by atoms with Gasteiger partial charge in [-0.1, -0.05) is 26.7 Å². The quantitative estimate of drug-likeness (QED) is 0.716. The van der Waals surface area contributed by atoms with Gasteiger partial charge in [-0.3, -0.25) is 4.68 Å². The summed E-state index contributed by atoms with van der Waals surface area (Å²) >= 11 is 0. The maximum atomic E-state index is 4.19. The van der Waals surface area contributed by atoms with Crippen molar-refractivity contribution in [2.75, 3.05) is 0 Å². The summed E-state index contributed by atoms with van der Waals surface area (Å²) in [4.78, 5) is 0. The molecule has 0 bridgehead atoms. The van der Waals surface area contributed by atoms with Crippen LogP contribution < -0.4 is 0 Å². The average molecular weight is 240 g/mol. The maximum absolute atomic E-state index is 4.19. The molecule has 92 valence electrons. The van der Waals surface area contributed by atoms with Gasteiger partial charge in [-0.05, 0) is 24.1 Å². The standard InChI is InChI=1S/C14H16N4/c1-14(2,3)13-8-7-12(16-17-13)6-4-10-18-11-5-9-15-18/h5,7-9,11H,10H2,1-3H3. The van der Waals surface area contributed by atoms with Crippen LogP contribution >= 0.6 is 0 Å². The Hall–Kier alpha value is -2.15. The molecule has 0 aliphatic rings. The second-order valence-corrected chi connectivity index (χ2v) is 5.06. The van der Waals surface area contributed by atoms with Gasteiger partial charge >= 0.3 is 0 Å². The van der Waals surface area contributed by atoms with Crippen LogP contribution in [0.15, 0.2) is 30.6 Å². The molecule has 0 N–H and O–H groups in total. The SMILES string of the molecule is CC(C)(C)c1ccc(C#CCn2cccn2)nn1. The summed E-state index contributed by atoms with van der Waals surface area (Å²) in [5.74, 6) is 5.99. The molecule has 2 heterocycles. The summed E-state index contributed by atoms with van der Waals surface area (Å²) in [5.41, 5.74) is 1.68. The van der Waals surface area contributed by atoms with Crippen molar-refractivity contribution in [3.63, 3.8) is 0 Å². The van der Waals surface area contributed by atoms with Crippen LogP contribution in [-0.4, -0.2) is 20.0 Å². The first-order valence-electron chi connectivity index (χ1n) is 5.86. The minimum Gasteiger partial charge on any atom is -0.261 e. The molecule has 0 fully saturated rings. The Morgan fingerprint density at radius 2 is 2.06 bits per heavy atom. The number of aromatic nitrogens is 4. The monoisotopic (exact) mass is 240 g/mol. The van der Waals surface area contributed by atoms with E-state index in [4.69, 9.17) is 0 Å². The minimum absolute atomic E-state index is 0.0218. The first-order chi connectivity index (χ1) is 8.55. The molecule has 2 rings (SSSR count). The molecular formula is C14H16N4. The molecule has 0 saturated carbocycles. The van der Waals surface area contributed by atoms with Gasteiger partial charge in [0, 0.05) is 17.8 Å². The molecule has 0 atom stereocenters. The fraction of sp³-hybridized carbons (Fsp3) is 0.357. The molecule has 18 heavy (non-hydrogen) atoms. The minimum atomic E-state index is 0.0218. The lowest BCUT2D eigenvalue weighted by Gasteiger charge is -2.15. The van der Waals surface area contributed by atoms with Crippen LogP contribution in [0.5, 0.6) is 0 Å². The first kappa shape index (κ1) is 12.3. The molecule has 0 saturated heterocycles. The highest BCUT2D eigenvalue weighted by molar-refractivity contribution is 5.27. The number of nitrogens with zero attached hydrogens (tertiary/aromatic N) is 4. The van der Waals surface area contributed by atoms with E-state index in [1.165, 1.54) is 0 Å². The van der Waals surface area contributed by atoms with Gasteiger partial charge in [0.05, 0.1) is 5.69 Å². The van der Waals surface area contributed by atoms with E-state index in [2.05, 4.69) is 47.9 Å². The van der Waals surface area contributed by atoms with Crippen molar-refractivity contribution < 1.29 is 0 Å². The third-order valence-corrected chi connectivity index (χ3v) is 2.45. The summed E-state index contributed by atoms with van der Waals surface area (Å²) in [5, 5.41) is 12.4. The normalized spacial score (nSPS) is 10.8. The summed E-state index contributed by atoms with van der Waals surface area (Å²) in [6, 6.07) is 5.76. The fourth-order valence-corrected chi connectivity index (χ4v) is 1.40. The van der Waals surface area contributed by atoms with Crippen molar-refractivity contribution >= 4 is 0 Å². The largest absolute Gasteiger partial charge is 0.261 e. The Kier molecular flexibility index (Phi) is 3.42. The number of hydrogen-bond donors (Lipinski definition) is 0. The predicted molar refractivity (Wildman–Crippen MR) is 69.8 cm³/mol. The Labute approximate surface area is 107 Å². The summed E-state index contributed by atoms with van der Waals surface area (Å²) < 4.78 is 1.77. The van der Waals surface area contributed by atoms with E-state index in [1.807, 2.05) is 24.4 Å². The molecule has 0 aliphatic heterocycles. The molecule has 0 aromatic carbocycles. The van der Waals surface area contributed by atoms with Crippen molar-refractivity contribution in [1.82, 2.24) is 20.0 Å². The van der Waals surface area contributed by atoms with Crippen LogP contribution in [0.2, 0.25) is 0 Å². The molecule has 4 heteroatoms. The van der Waals surface area contributed by atoms with Gasteiger partial charge in [0.15, 0.2) is 0 Å². The average Bonchev–Trinajstić information content (AvgIpc) is 2.82. The van der Waals surface area contributed by atoms with Crippen molar-refractivity contribution in [2.24, 2.45) is 0 Å². The Morgan fingerprint density at radius 3 is 2.61 bits per heavy atom. The molecule has 2 aromatic heterocycles. The van der Waals surface area contributed by atoms with Crippen molar-refractivity contribution in [3.8, 4) is 11.8 Å². The zero-order valence-corrected chi connectivity index (χ0v) is 10.9. The van der Waals surface area contributed by atoms with Crippen molar-refractivity contribution in [1.29, 1.82) is 0 Å². The zero-order chi connectivity index (χ0) is 13.0. The predicted octanol–water partition coefficient (Wildman–Crippen LogP) is 2.02. The molecule has 0 unspecified atom stereocenters. The van der Waals surface area contributed by atoms with E-state index in [0.717, 1.165) is 5.69 Å². The van der Waals surface area contributed by atoms with E-state index in [1.54, 1.807) is 10.9 Å². The molecule has 4 nitrogen and oxygen atoms in total. The highest BCUT2D eigenvalue weighted by atomic mass is 15.3. The molecular weight excluding hydrogens is 224 g/mol. The first-order valence-corrected chi connectivity index (χ1v) is 5.86. The molecule has 0 aliphatic carbocycles. The van der Waals surface area contributed by atoms with Crippen LogP contribution in [0.4, 0.5) is 0 Å². The Morgan fingerprint density at radius 1 is 1.22 bits per heavy atom. The van der Waals surface area contributed by atoms with Crippen molar-refractivity contribution in [3.05, 3.63) is 42.0 Å². The van der Waals surface area contributed by atoms with Crippen LogP contribution in [0.25, 0.3) is 0 Å². The molecule has 0 spiro atoms. The van der Waals surface area contributed by atoms with Crippen molar-refractivity contribution in [2.45, 2.75) is 32.7 Å². The van der Waals surface area contributed by atoms with E-state index >= 15 is 0 Å². The van der Waals surface area contributed by atoms with Crippen LogP contribution in [0, 0.1) is 11.8 Å². The topological polar surface area (TPSA) is 43.6 Å². The Bertz CT molecular complexity index is 551. The molecule has 0 amide bonds. The van der Waals surface area contributed by atoms with Crippen LogP contribution in [-0.2, 0) is 12.0 Å². The number of rotatable bonds is 1. The third kappa shape index (κ3) is 3.17. The third-order valence-electron chi connectivity index (χ3n) is 2.45. The summed E-state index contributed by atoms with van der Waals surface area (Å²) in [6.45, 7) is 6.90. The van der Waals surface area contributed by atoms with Gasteiger partial charge < -0.3 is 0 Å². The second kappa shape index (κ2) is 5.01. The highest BCUT2D eigenvalue weighted by Crippen LogP contribution is 2.18. The lowest BCUT2D eigenvalue weighted by atomic mass is 9.92. The Balaban J connectivity index is 2.05. The summed E-state index contributed by atoms with van der Waals surface area (Å²) in [7, 11) is 0. The van der Waals surface area contributed by atoms with Gasteiger partial charge in [-0.2, -0.15) is 10.2 Å². The second-order valence-electron chi connectivity index (χ2n) is 5.06. The van der Waals surface area contributed by atoms with Gasteiger partial charge in [0.2, 0.25) is 0 Å². The van der Waals surface area contributed by atoms with Crippen LogP contribution in [0.1, 0.15) is 32.2 Å². The van der Waals surface area contributed by atoms with Gasteiger partial charge in [-0.15, -0.1) is 5.10 Å². The lowest BCUT2D eigenvalue weighted by molar-refractivity contribution is 0.558. The lowest BCUT2D eigenvalue weighted by Crippen LogP contribution is -2.14. The number of hydrogen-bond acceptors (Lipinski definition) is 3. The highest BCUT2D eigenvalue weighted by Gasteiger charge is 2.15. The van der Waals surface area contributed by atoms with E-state index < -0.39 is 0 Å². The van der Waals surface area contributed by atoms with Gasteiger partial charge in [0.25, 0.3) is 0 Å². The smallest absolute Gasteiger partial charge is 0.135 e. The maximum Gasteiger partial charge on any atom is 0.135 e. The molecule has 0 radical (unpaired) electrons. The summed E-state index contributed by atoms with van der Waals surface area (Å²) in [6.07, 6.45) is 3.61. The van der Waals surface area contributed by atoms with E-state index in [0.29, 0.717) is 12.2 Å². The fourth-order valence-electron chi connectivity index (χ4n) is 1.40.